The van der Waals surface area contributed by atoms with Gasteiger partial charge < -0.3 is 0 Å². The summed E-state index contributed by atoms with van der Waals surface area (Å²) < 4.78 is 25.8. The van der Waals surface area contributed by atoms with Gasteiger partial charge in [0.05, 0.1) is 12.9 Å². The van der Waals surface area contributed by atoms with Crippen molar-refractivity contribution in [2.45, 2.75) is 12.8 Å². The first-order valence-corrected chi connectivity index (χ1v) is 6.13. The van der Waals surface area contributed by atoms with Gasteiger partial charge in [-0.15, -0.1) is 0 Å². The highest BCUT2D eigenvalue weighted by Gasteiger charge is 2.00. The summed E-state index contributed by atoms with van der Waals surface area (Å²) in [5.41, 5.74) is 1.09. The Morgan fingerprint density at radius 1 is 1.50 bits per heavy atom. The molecule has 0 amide bonds. The molecule has 0 N–H and O–H groups in total. The summed E-state index contributed by atoms with van der Waals surface area (Å²) in [7, 11) is -3.29. The second-order valence-electron chi connectivity index (χ2n) is 2.99. The Hall–Kier alpha value is -0.940. The summed E-state index contributed by atoms with van der Waals surface area (Å²) in [6, 6.07) is 3.81. The first-order valence-electron chi connectivity index (χ1n) is 4.31. The molecular formula is C9H13NO3S. The van der Waals surface area contributed by atoms with Crippen LogP contribution in [0.5, 0.6) is 0 Å². The number of rotatable bonds is 5. The van der Waals surface area contributed by atoms with Crippen LogP contribution in [0.25, 0.3) is 0 Å². The lowest BCUT2D eigenvalue weighted by Gasteiger charge is -2.01. The van der Waals surface area contributed by atoms with Gasteiger partial charge in [-0.25, -0.2) is 0 Å². The molecule has 0 saturated heterocycles. The predicted octanol–water partition coefficient (Wildman–Crippen LogP) is 0.990. The molecule has 0 fully saturated rings. The SMILES string of the molecule is CS(=O)(=O)OCCCc1cccnc1. The molecule has 0 radical (unpaired) electrons. The van der Waals surface area contributed by atoms with Crippen LogP contribution in [0.2, 0.25) is 0 Å². The fourth-order valence-corrected chi connectivity index (χ4v) is 1.45. The molecule has 0 bridgehead atoms. The topological polar surface area (TPSA) is 56.3 Å². The molecule has 0 atom stereocenters. The van der Waals surface area contributed by atoms with Gasteiger partial charge in [-0.1, -0.05) is 6.07 Å². The Morgan fingerprint density at radius 2 is 2.29 bits per heavy atom. The summed E-state index contributed by atoms with van der Waals surface area (Å²) in [6.45, 7) is 0.230. The number of aryl methyl sites for hydroxylation is 1. The van der Waals surface area contributed by atoms with Crippen molar-refractivity contribution in [2.24, 2.45) is 0 Å². The van der Waals surface area contributed by atoms with Gasteiger partial charge in [-0.05, 0) is 24.5 Å². The number of pyridine rings is 1. The van der Waals surface area contributed by atoms with Crippen molar-refractivity contribution in [1.29, 1.82) is 0 Å². The third kappa shape index (κ3) is 4.94. The minimum atomic E-state index is -3.29. The standard InChI is InChI=1S/C9H13NO3S/c1-14(11,12)13-7-3-5-9-4-2-6-10-8-9/h2,4,6,8H,3,5,7H2,1H3. The number of aromatic nitrogens is 1. The lowest BCUT2D eigenvalue weighted by molar-refractivity contribution is 0.316. The highest BCUT2D eigenvalue weighted by atomic mass is 32.2. The van der Waals surface area contributed by atoms with E-state index in [0.717, 1.165) is 18.2 Å². The summed E-state index contributed by atoms with van der Waals surface area (Å²) in [5.74, 6) is 0. The maximum absolute atomic E-state index is 10.6. The second-order valence-corrected chi connectivity index (χ2v) is 4.63. The predicted molar refractivity (Wildman–Crippen MR) is 53.4 cm³/mol. The zero-order valence-electron chi connectivity index (χ0n) is 8.01. The van der Waals surface area contributed by atoms with Gasteiger partial charge in [-0.3, -0.25) is 9.17 Å². The molecule has 0 aromatic carbocycles. The summed E-state index contributed by atoms with van der Waals surface area (Å²) in [5, 5.41) is 0. The molecule has 1 rings (SSSR count). The Morgan fingerprint density at radius 3 is 2.86 bits per heavy atom. The van der Waals surface area contributed by atoms with E-state index in [0.29, 0.717) is 6.42 Å². The fraction of sp³-hybridized carbons (Fsp3) is 0.444. The normalized spacial score (nSPS) is 11.5. The van der Waals surface area contributed by atoms with Gasteiger partial charge in [-0.2, -0.15) is 8.42 Å². The van der Waals surface area contributed by atoms with E-state index in [1.54, 1.807) is 12.4 Å². The van der Waals surface area contributed by atoms with Gasteiger partial charge in [0.15, 0.2) is 0 Å². The van der Waals surface area contributed by atoms with Crippen LogP contribution in [0.4, 0.5) is 0 Å². The number of hydrogen-bond donors (Lipinski definition) is 0. The highest BCUT2D eigenvalue weighted by molar-refractivity contribution is 7.85. The minimum Gasteiger partial charge on any atom is -0.270 e. The van der Waals surface area contributed by atoms with E-state index >= 15 is 0 Å². The fourth-order valence-electron chi connectivity index (χ4n) is 1.03. The monoisotopic (exact) mass is 215 g/mol. The third-order valence-electron chi connectivity index (χ3n) is 1.63. The molecule has 78 valence electrons. The van der Waals surface area contributed by atoms with E-state index in [2.05, 4.69) is 9.17 Å². The molecule has 1 aromatic heterocycles. The molecule has 0 spiro atoms. The Balaban J connectivity index is 2.23. The van der Waals surface area contributed by atoms with Crippen molar-refractivity contribution in [3.05, 3.63) is 30.1 Å². The van der Waals surface area contributed by atoms with Gasteiger partial charge >= 0.3 is 0 Å². The average molecular weight is 215 g/mol. The van der Waals surface area contributed by atoms with Crippen LogP contribution < -0.4 is 0 Å². The van der Waals surface area contributed by atoms with E-state index in [1.165, 1.54) is 0 Å². The van der Waals surface area contributed by atoms with E-state index in [4.69, 9.17) is 0 Å². The van der Waals surface area contributed by atoms with Crippen molar-refractivity contribution >= 4 is 10.1 Å². The highest BCUT2D eigenvalue weighted by Crippen LogP contribution is 2.01. The van der Waals surface area contributed by atoms with Crippen molar-refractivity contribution in [2.75, 3.05) is 12.9 Å². The Bertz CT molecular complexity index is 361. The molecule has 0 unspecified atom stereocenters. The molecule has 0 aliphatic carbocycles. The van der Waals surface area contributed by atoms with Crippen molar-refractivity contribution < 1.29 is 12.6 Å². The van der Waals surface area contributed by atoms with Crippen LogP contribution in [-0.4, -0.2) is 26.3 Å². The first-order chi connectivity index (χ1) is 6.58. The molecule has 4 nitrogen and oxygen atoms in total. The Labute approximate surface area is 84.1 Å². The van der Waals surface area contributed by atoms with Crippen LogP contribution in [0.3, 0.4) is 0 Å². The largest absolute Gasteiger partial charge is 0.270 e. The molecule has 0 aliphatic rings. The minimum absolute atomic E-state index is 0.230. The molecule has 1 heterocycles. The van der Waals surface area contributed by atoms with Gasteiger partial charge in [0.1, 0.15) is 0 Å². The van der Waals surface area contributed by atoms with Crippen LogP contribution >= 0.6 is 0 Å². The summed E-state index contributed by atoms with van der Waals surface area (Å²) >= 11 is 0. The summed E-state index contributed by atoms with van der Waals surface area (Å²) in [4.78, 5) is 3.95. The first kappa shape index (κ1) is 11.1. The van der Waals surface area contributed by atoms with Crippen molar-refractivity contribution in [1.82, 2.24) is 4.98 Å². The molecule has 0 aliphatic heterocycles. The van der Waals surface area contributed by atoms with Crippen molar-refractivity contribution in [3.8, 4) is 0 Å². The van der Waals surface area contributed by atoms with Crippen LogP contribution in [0.1, 0.15) is 12.0 Å². The van der Waals surface area contributed by atoms with Gasteiger partial charge in [0, 0.05) is 12.4 Å². The third-order valence-corrected chi connectivity index (χ3v) is 2.22. The van der Waals surface area contributed by atoms with Crippen molar-refractivity contribution in [3.63, 3.8) is 0 Å². The quantitative estimate of drug-likeness (QED) is 0.543. The molecule has 5 heteroatoms. The maximum Gasteiger partial charge on any atom is 0.264 e. The number of nitrogens with zero attached hydrogens (tertiary/aromatic N) is 1. The van der Waals surface area contributed by atoms with E-state index in [1.807, 2.05) is 12.1 Å². The van der Waals surface area contributed by atoms with E-state index in [-0.39, 0.29) is 6.61 Å². The van der Waals surface area contributed by atoms with Crippen LogP contribution in [0.15, 0.2) is 24.5 Å². The molecular weight excluding hydrogens is 202 g/mol. The van der Waals surface area contributed by atoms with Crippen LogP contribution in [0, 0.1) is 0 Å². The van der Waals surface area contributed by atoms with Gasteiger partial charge in [0.2, 0.25) is 0 Å². The maximum atomic E-state index is 10.6. The zero-order chi connectivity index (χ0) is 10.4. The van der Waals surface area contributed by atoms with E-state index in [9.17, 15) is 8.42 Å². The second kappa shape index (κ2) is 5.07. The number of hydrogen-bond acceptors (Lipinski definition) is 4. The average Bonchev–Trinajstić information content (AvgIpc) is 2.13. The summed E-state index contributed by atoms with van der Waals surface area (Å²) in [6.07, 6.45) is 5.98. The van der Waals surface area contributed by atoms with Crippen LogP contribution in [-0.2, 0) is 20.7 Å². The van der Waals surface area contributed by atoms with E-state index < -0.39 is 10.1 Å². The van der Waals surface area contributed by atoms with Gasteiger partial charge in [0.25, 0.3) is 10.1 Å². The zero-order valence-corrected chi connectivity index (χ0v) is 8.83. The lowest BCUT2D eigenvalue weighted by atomic mass is 10.2. The lowest BCUT2D eigenvalue weighted by Crippen LogP contribution is -2.04. The molecule has 0 saturated carbocycles. The smallest absolute Gasteiger partial charge is 0.264 e. The molecule has 1 aromatic rings. The molecule has 14 heavy (non-hydrogen) atoms. The Kier molecular flexibility index (Phi) is 4.03.